The second-order valence-corrected chi connectivity index (χ2v) is 8.53. The molecule has 5 nitrogen and oxygen atoms in total. The van der Waals surface area contributed by atoms with Gasteiger partial charge in [-0.2, -0.15) is 0 Å². The number of thiazole rings is 1. The Bertz CT molecular complexity index is 1310. The highest BCUT2D eigenvalue weighted by Gasteiger charge is 2.16. The zero-order valence-corrected chi connectivity index (χ0v) is 17.7. The summed E-state index contributed by atoms with van der Waals surface area (Å²) in [7, 11) is 2.02. The topological polar surface area (TPSA) is 61.7 Å². The maximum Gasteiger partial charge on any atom is 0.140 e. The van der Waals surface area contributed by atoms with Crippen LogP contribution < -0.4 is 5.73 Å². The van der Waals surface area contributed by atoms with E-state index in [-0.39, 0.29) is 0 Å². The van der Waals surface area contributed by atoms with Crippen molar-refractivity contribution in [2.24, 2.45) is 12.8 Å². The van der Waals surface area contributed by atoms with Gasteiger partial charge in [0.2, 0.25) is 0 Å². The number of pyridine rings is 1. The van der Waals surface area contributed by atoms with E-state index in [4.69, 9.17) is 10.7 Å². The van der Waals surface area contributed by atoms with Gasteiger partial charge in [0, 0.05) is 76.0 Å². The number of aromatic nitrogens is 4. The number of hydrogen-bond donors (Lipinski definition) is 1. The van der Waals surface area contributed by atoms with Gasteiger partial charge >= 0.3 is 0 Å². The fraction of sp³-hybridized carbons (Fsp3) is 0.143. The summed E-state index contributed by atoms with van der Waals surface area (Å²) >= 11 is 5.27. The van der Waals surface area contributed by atoms with Gasteiger partial charge in [-0.3, -0.25) is 0 Å². The molecule has 0 amide bonds. The van der Waals surface area contributed by atoms with E-state index in [0.717, 1.165) is 43.9 Å². The summed E-state index contributed by atoms with van der Waals surface area (Å²) in [5.74, 6) is 0. The highest BCUT2D eigenvalue weighted by Crippen LogP contribution is 2.37. The van der Waals surface area contributed by atoms with Gasteiger partial charge in [0.05, 0.1) is 5.69 Å². The van der Waals surface area contributed by atoms with Gasteiger partial charge < -0.3 is 14.9 Å². The van der Waals surface area contributed by atoms with Crippen molar-refractivity contribution in [3.05, 3.63) is 58.8 Å². The number of aryl methyl sites for hydroxylation is 1. The van der Waals surface area contributed by atoms with E-state index in [1.54, 1.807) is 11.3 Å². The largest absolute Gasteiger partial charge is 0.345 e. The van der Waals surface area contributed by atoms with E-state index < -0.39 is 0 Å². The Morgan fingerprint density at radius 1 is 1.14 bits per heavy atom. The van der Waals surface area contributed by atoms with Crippen molar-refractivity contribution >= 4 is 49.2 Å². The molecule has 0 unspecified atom stereocenters. The van der Waals surface area contributed by atoms with Crippen LogP contribution >= 0.6 is 27.3 Å². The second-order valence-electron chi connectivity index (χ2n) is 6.75. The third-order valence-electron chi connectivity index (χ3n) is 4.96. The van der Waals surface area contributed by atoms with Crippen LogP contribution in [-0.4, -0.2) is 25.6 Å². The fourth-order valence-electron chi connectivity index (χ4n) is 3.70. The molecule has 5 aromatic rings. The Kier molecular flexibility index (Phi) is 4.30. The molecule has 2 N–H and O–H groups in total. The lowest BCUT2D eigenvalue weighted by atomic mass is 10.1. The van der Waals surface area contributed by atoms with Crippen LogP contribution in [0.25, 0.3) is 43.8 Å². The van der Waals surface area contributed by atoms with Crippen LogP contribution in [0.3, 0.4) is 0 Å². The lowest BCUT2D eigenvalue weighted by molar-refractivity contribution is 0.736. The summed E-state index contributed by atoms with van der Waals surface area (Å²) in [5.41, 5.74) is 11.2. The predicted octanol–water partition coefficient (Wildman–Crippen LogP) is 5.04. The third-order valence-corrected chi connectivity index (χ3v) is 6.33. The van der Waals surface area contributed by atoms with Gasteiger partial charge in [0.1, 0.15) is 10.7 Å². The van der Waals surface area contributed by atoms with Gasteiger partial charge in [-0.1, -0.05) is 15.9 Å². The number of nitrogens with zero attached hydrogens (tertiary/aromatic N) is 4. The molecule has 4 aromatic heterocycles. The molecule has 28 heavy (non-hydrogen) atoms. The Morgan fingerprint density at radius 2 is 2.04 bits per heavy atom. The van der Waals surface area contributed by atoms with Crippen LogP contribution in [0.1, 0.15) is 0 Å². The monoisotopic (exact) mass is 451 g/mol. The molecule has 0 radical (unpaired) electrons. The molecule has 0 aliphatic rings. The number of benzene rings is 1. The first-order chi connectivity index (χ1) is 13.7. The Morgan fingerprint density at radius 3 is 2.89 bits per heavy atom. The third kappa shape index (κ3) is 2.78. The van der Waals surface area contributed by atoms with Crippen LogP contribution in [0.15, 0.2) is 58.8 Å². The number of halogens is 1. The molecule has 1 aromatic carbocycles. The van der Waals surface area contributed by atoms with E-state index in [2.05, 4.69) is 67.5 Å². The zero-order chi connectivity index (χ0) is 19.3. The lowest BCUT2D eigenvalue weighted by Crippen LogP contribution is -2.08. The lowest BCUT2D eigenvalue weighted by Gasteiger charge is -2.01. The van der Waals surface area contributed by atoms with Crippen molar-refractivity contribution in [3.8, 4) is 21.8 Å². The minimum absolute atomic E-state index is 0.603. The van der Waals surface area contributed by atoms with Crippen molar-refractivity contribution < 1.29 is 0 Å². The first kappa shape index (κ1) is 17.6. The first-order valence-corrected chi connectivity index (χ1v) is 10.7. The Hall–Kier alpha value is -2.48. The van der Waals surface area contributed by atoms with Crippen LogP contribution in [0.2, 0.25) is 0 Å². The molecule has 140 valence electrons. The summed E-state index contributed by atoms with van der Waals surface area (Å²) in [4.78, 5) is 9.47. The van der Waals surface area contributed by atoms with Crippen LogP contribution in [0, 0.1) is 0 Å². The molecular weight excluding hydrogens is 434 g/mol. The number of rotatable bonds is 4. The van der Waals surface area contributed by atoms with E-state index >= 15 is 0 Å². The van der Waals surface area contributed by atoms with Crippen LogP contribution in [0.5, 0.6) is 0 Å². The van der Waals surface area contributed by atoms with Gasteiger partial charge in [0.25, 0.3) is 0 Å². The summed E-state index contributed by atoms with van der Waals surface area (Å²) in [6.07, 6.45) is 6.09. The van der Waals surface area contributed by atoms with Gasteiger partial charge in [-0.25, -0.2) is 9.97 Å². The molecule has 0 aliphatic heterocycles. The maximum absolute atomic E-state index is 5.81. The average Bonchev–Trinajstić information content (AvgIpc) is 3.39. The zero-order valence-electron chi connectivity index (χ0n) is 15.3. The highest BCUT2D eigenvalue weighted by atomic mass is 79.9. The highest BCUT2D eigenvalue weighted by molar-refractivity contribution is 9.10. The van der Waals surface area contributed by atoms with Gasteiger partial charge in [-0.15, -0.1) is 11.3 Å². The molecule has 0 bridgehead atoms. The Labute approximate surface area is 174 Å². The molecule has 0 spiro atoms. The molecule has 0 aliphatic carbocycles. The number of fused-ring (bicyclic) bond motifs is 2. The van der Waals surface area contributed by atoms with Crippen molar-refractivity contribution in [3.63, 3.8) is 0 Å². The second kappa shape index (κ2) is 6.84. The van der Waals surface area contributed by atoms with Gasteiger partial charge in [0.15, 0.2) is 0 Å². The minimum Gasteiger partial charge on any atom is -0.345 e. The molecule has 4 heterocycles. The normalized spacial score (nSPS) is 11.7. The molecule has 7 heteroatoms. The van der Waals surface area contributed by atoms with E-state index in [1.807, 2.05) is 23.9 Å². The SMILES string of the molecule is Cn1cc(-c2csc(-c3cn(CCN)c4ccc(Br)cc34)n2)c2cccnc21. The summed E-state index contributed by atoms with van der Waals surface area (Å²) in [6.45, 7) is 1.39. The van der Waals surface area contributed by atoms with Crippen LogP contribution in [-0.2, 0) is 13.6 Å². The van der Waals surface area contributed by atoms with Crippen molar-refractivity contribution in [1.82, 2.24) is 19.1 Å². The summed E-state index contributed by atoms with van der Waals surface area (Å²) < 4.78 is 5.32. The predicted molar refractivity (Wildman–Crippen MR) is 120 cm³/mol. The van der Waals surface area contributed by atoms with Gasteiger partial charge in [-0.05, 0) is 30.3 Å². The van der Waals surface area contributed by atoms with Crippen molar-refractivity contribution in [1.29, 1.82) is 0 Å². The fourth-order valence-corrected chi connectivity index (χ4v) is 4.91. The van der Waals surface area contributed by atoms with Crippen LogP contribution in [0.4, 0.5) is 0 Å². The molecule has 0 saturated heterocycles. The molecule has 0 fully saturated rings. The summed E-state index contributed by atoms with van der Waals surface area (Å²) in [5, 5.41) is 5.44. The number of nitrogens with two attached hydrogens (primary N) is 1. The molecule has 0 atom stereocenters. The molecule has 0 saturated carbocycles. The number of hydrogen-bond acceptors (Lipinski definition) is 4. The maximum atomic E-state index is 5.81. The molecule has 5 rings (SSSR count). The standard InChI is InChI=1S/C21H18BrN5S/c1-26-10-16(14-3-2-7-24-20(14)26)18-12-28-21(25-18)17-11-27(8-6-23)19-5-4-13(22)9-15(17)19/h2-5,7,9-12H,6,8,23H2,1H3. The quantitative estimate of drug-likeness (QED) is 0.416. The first-order valence-electron chi connectivity index (χ1n) is 9.00. The average molecular weight is 452 g/mol. The smallest absolute Gasteiger partial charge is 0.140 e. The van der Waals surface area contributed by atoms with E-state index in [9.17, 15) is 0 Å². The molecular formula is C21H18BrN5S. The summed E-state index contributed by atoms with van der Waals surface area (Å²) in [6, 6.07) is 10.4. The van der Waals surface area contributed by atoms with E-state index in [1.165, 1.54) is 10.9 Å². The Balaban J connectivity index is 1.66. The van der Waals surface area contributed by atoms with Crippen molar-refractivity contribution in [2.75, 3.05) is 6.54 Å². The van der Waals surface area contributed by atoms with Crippen molar-refractivity contribution in [2.45, 2.75) is 6.54 Å². The minimum atomic E-state index is 0.603. The van der Waals surface area contributed by atoms with E-state index in [0.29, 0.717) is 6.54 Å².